The van der Waals surface area contributed by atoms with Crippen molar-refractivity contribution in [1.29, 1.82) is 0 Å². The Morgan fingerprint density at radius 3 is 2.00 bits per heavy atom. The van der Waals surface area contributed by atoms with Crippen molar-refractivity contribution in [2.45, 2.75) is 39.8 Å². The van der Waals surface area contributed by atoms with Crippen molar-refractivity contribution in [3.63, 3.8) is 0 Å². The maximum Gasteiger partial charge on any atom is 0.0801 e. The number of nitrogens with one attached hydrogen (secondary N) is 1. The van der Waals surface area contributed by atoms with Crippen LogP contribution in [0.25, 0.3) is 0 Å². The van der Waals surface area contributed by atoms with Gasteiger partial charge in [-0.1, -0.05) is 43.2 Å². The molecular formula is C14H24N2O. The van der Waals surface area contributed by atoms with Crippen LogP contribution < -0.4 is 11.3 Å². The lowest BCUT2D eigenvalue weighted by molar-refractivity contribution is 0.0326. The summed E-state index contributed by atoms with van der Waals surface area (Å²) in [7, 11) is 1.73. The Hall–Kier alpha value is -0.900. The van der Waals surface area contributed by atoms with Crippen LogP contribution in [0.3, 0.4) is 0 Å². The van der Waals surface area contributed by atoms with Crippen LogP contribution in [0.15, 0.2) is 18.2 Å². The molecule has 0 aliphatic heterocycles. The van der Waals surface area contributed by atoms with Gasteiger partial charge in [-0.25, -0.2) is 0 Å². The van der Waals surface area contributed by atoms with Gasteiger partial charge in [-0.2, -0.15) is 0 Å². The van der Waals surface area contributed by atoms with E-state index in [0.29, 0.717) is 5.92 Å². The molecule has 0 spiro atoms. The van der Waals surface area contributed by atoms with Crippen LogP contribution in [-0.4, -0.2) is 13.2 Å². The number of rotatable bonds is 5. The third kappa shape index (κ3) is 3.53. The SMILES string of the molecule is COC(C(C)C)C(NN)c1cc(C)cc(C)c1. The summed E-state index contributed by atoms with van der Waals surface area (Å²) in [5.74, 6) is 6.09. The van der Waals surface area contributed by atoms with Crippen LogP contribution >= 0.6 is 0 Å². The molecule has 0 bridgehead atoms. The van der Waals surface area contributed by atoms with Gasteiger partial charge in [-0.05, 0) is 25.3 Å². The number of benzene rings is 1. The summed E-state index contributed by atoms with van der Waals surface area (Å²) < 4.78 is 5.56. The number of hydrogen-bond donors (Lipinski definition) is 2. The van der Waals surface area contributed by atoms with Crippen molar-refractivity contribution < 1.29 is 4.74 Å². The monoisotopic (exact) mass is 236 g/mol. The summed E-state index contributed by atoms with van der Waals surface area (Å²) in [6.45, 7) is 8.48. The summed E-state index contributed by atoms with van der Waals surface area (Å²) >= 11 is 0. The Bertz CT molecular complexity index is 343. The quantitative estimate of drug-likeness (QED) is 0.610. The van der Waals surface area contributed by atoms with E-state index in [1.165, 1.54) is 16.7 Å². The average Bonchev–Trinajstić information content (AvgIpc) is 2.23. The Balaban J connectivity index is 3.07. The molecule has 96 valence electrons. The first kappa shape index (κ1) is 14.2. The maximum atomic E-state index is 5.69. The van der Waals surface area contributed by atoms with Crippen molar-refractivity contribution in [3.8, 4) is 0 Å². The zero-order chi connectivity index (χ0) is 13.0. The number of hydrogen-bond acceptors (Lipinski definition) is 3. The molecule has 2 unspecified atom stereocenters. The normalized spacial score (nSPS) is 15.0. The number of ether oxygens (including phenoxy) is 1. The molecular weight excluding hydrogens is 212 g/mol. The first-order valence-corrected chi connectivity index (χ1v) is 6.06. The van der Waals surface area contributed by atoms with Gasteiger partial charge >= 0.3 is 0 Å². The second-order valence-electron chi connectivity index (χ2n) is 5.01. The van der Waals surface area contributed by atoms with E-state index in [-0.39, 0.29) is 12.1 Å². The van der Waals surface area contributed by atoms with Crippen LogP contribution in [-0.2, 0) is 4.74 Å². The van der Waals surface area contributed by atoms with E-state index in [4.69, 9.17) is 10.6 Å². The minimum absolute atomic E-state index is 0.0265. The molecule has 0 amide bonds. The van der Waals surface area contributed by atoms with E-state index in [1.807, 2.05) is 0 Å². The van der Waals surface area contributed by atoms with Crippen molar-refractivity contribution >= 4 is 0 Å². The molecule has 2 atom stereocenters. The Morgan fingerprint density at radius 2 is 1.65 bits per heavy atom. The predicted molar refractivity (Wildman–Crippen MR) is 71.6 cm³/mol. The third-order valence-corrected chi connectivity index (χ3v) is 3.04. The van der Waals surface area contributed by atoms with E-state index in [2.05, 4.69) is 51.3 Å². The van der Waals surface area contributed by atoms with Crippen LogP contribution in [0.4, 0.5) is 0 Å². The highest BCUT2D eigenvalue weighted by molar-refractivity contribution is 5.31. The topological polar surface area (TPSA) is 47.3 Å². The summed E-state index contributed by atoms with van der Waals surface area (Å²) in [4.78, 5) is 0. The lowest BCUT2D eigenvalue weighted by atomic mass is 9.92. The first-order valence-electron chi connectivity index (χ1n) is 6.06. The molecule has 0 radical (unpaired) electrons. The molecule has 3 nitrogen and oxygen atoms in total. The number of nitrogens with two attached hydrogens (primary N) is 1. The lowest BCUT2D eigenvalue weighted by Crippen LogP contribution is -2.40. The Morgan fingerprint density at radius 1 is 1.12 bits per heavy atom. The molecule has 0 aliphatic carbocycles. The van der Waals surface area contributed by atoms with E-state index in [9.17, 15) is 0 Å². The molecule has 0 saturated heterocycles. The average molecular weight is 236 g/mol. The summed E-state index contributed by atoms with van der Waals surface area (Å²) in [6.07, 6.45) is 0.0706. The van der Waals surface area contributed by atoms with Crippen molar-refractivity contribution in [2.24, 2.45) is 11.8 Å². The molecule has 0 aromatic heterocycles. The zero-order valence-corrected chi connectivity index (χ0v) is 11.4. The lowest BCUT2D eigenvalue weighted by Gasteiger charge is -2.29. The van der Waals surface area contributed by atoms with Gasteiger partial charge in [0.05, 0.1) is 12.1 Å². The van der Waals surface area contributed by atoms with Crippen LogP contribution in [0.2, 0.25) is 0 Å². The second kappa shape index (κ2) is 6.15. The molecule has 0 heterocycles. The zero-order valence-electron chi connectivity index (χ0n) is 11.4. The number of hydrazine groups is 1. The van der Waals surface area contributed by atoms with Gasteiger partial charge < -0.3 is 4.74 Å². The molecule has 1 rings (SSSR count). The number of aryl methyl sites for hydroxylation is 2. The highest BCUT2D eigenvalue weighted by Gasteiger charge is 2.25. The number of methoxy groups -OCH3 is 1. The molecule has 1 aromatic carbocycles. The van der Waals surface area contributed by atoms with Crippen LogP contribution in [0.1, 0.15) is 36.6 Å². The highest BCUT2D eigenvalue weighted by atomic mass is 16.5. The van der Waals surface area contributed by atoms with Gasteiger partial charge in [0.25, 0.3) is 0 Å². The molecule has 3 heteroatoms. The predicted octanol–water partition coefficient (Wildman–Crippen LogP) is 2.48. The smallest absolute Gasteiger partial charge is 0.0801 e. The van der Waals surface area contributed by atoms with E-state index in [1.54, 1.807) is 7.11 Å². The van der Waals surface area contributed by atoms with Gasteiger partial charge in [0, 0.05) is 7.11 Å². The van der Waals surface area contributed by atoms with Crippen molar-refractivity contribution in [3.05, 3.63) is 34.9 Å². The standard InChI is InChI=1S/C14H24N2O/c1-9(2)14(17-5)13(16-15)12-7-10(3)6-11(4)8-12/h6-9,13-14,16H,15H2,1-5H3. The molecule has 0 aliphatic rings. The van der Waals surface area contributed by atoms with Gasteiger partial charge in [0.1, 0.15) is 0 Å². The minimum atomic E-state index is 0.0265. The summed E-state index contributed by atoms with van der Waals surface area (Å²) in [5.41, 5.74) is 6.56. The Labute approximate surface area is 104 Å². The largest absolute Gasteiger partial charge is 0.379 e. The van der Waals surface area contributed by atoms with E-state index >= 15 is 0 Å². The fourth-order valence-electron chi connectivity index (χ4n) is 2.36. The second-order valence-corrected chi connectivity index (χ2v) is 5.01. The molecule has 3 N–H and O–H groups in total. The maximum absolute atomic E-state index is 5.69. The molecule has 0 fully saturated rings. The van der Waals surface area contributed by atoms with Gasteiger partial charge in [0.2, 0.25) is 0 Å². The minimum Gasteiger partial charge on any atom is -0.379 e. The first-order chi connectivity index (χ1) is 7.99. The van der Waals surface area contributed by atoms with Gasteiger partial charge in [0.15, 0.2) is 0 Å². The van der Waals surface area contributed by atoms with Gasteiger partial charge in [-0.15, -0.1) is 0 Å². The fourth-order valence-corrected chi connectivity index (χ4v) is 2.36. The summed E-state index contributed by atoms with van der Waals surface area (Å²) in [6, 6.07) is 6.50. The van der Waals surface area contributed by atoms with Crippen molar-refractivity contribution in [2.75, 3.05) is 7.11 Å². The van der Waals surface area contributed by atoms with Gasteiger partial charge in [-0.3, -0.25) is 11.3 Å². The summed E-state index contributed by atoms with van der Waals surface area (Å²) in [5, 5.41) is 0. The van der Waals surface area contributed by atoms with Crippen molar-refractivity contribution in [1.82, 2.24) is 5.43 Å². The Kier molecular flexibility index (Phi) is 5.12. The highest BCUT2D eigenvalue weighted by Crippen LogP contribution is 2.25. The fraction of sp³-hybridized carbons (Fsp3) is 0.571. The van der Waals surface area contributed by atoms with Crippen LogP contribution in [0.5, 0.6) is 0 Å². The molecule has 1 aromatic rings. The molecule has 17 heavy (non-hydrogen) atoms. The molecule has 0 saturated carbocycles. The van der Waals surface area contributed by atoms with E-state index < -0.39 is 0 Å². The van der Waals surface area contributed by atoms with E-state index in [0.717, 1.165) is 0 Å². The van der Waals surface area contributed by atoms with Crippen LogP contribution in [0, 0.1) is 19.8 Å². The third-order valence-electron chi connectivity index (χ3n) is 3.04.